The van der Waals surface area contributed by atoms with Crippen LogP contribution in [0.15, 0.2) is 24.5 Å². The summed E-state index contributed by atoms with van der Waals surface area (Å²) in [6.45, 7) is 6.46. The van der Waals surface area contributed by atoms with Gasteiger partial charge in [0.2, 0.25) is 0 Å². The molecular weight excluding hydrogens is 230 g/mol. The molecule has 0 spiro atoms. The second-order valence-electron chi connectivity index (χ2n) is 5.30. The van der Waals surface area contributed by atoms with Gasteiger partial charge in [0.15, 0.2) is 0 Å². The van der Waals surface area contributed by atoms with Crippen LogP contribution in [0.25, 0.3) is 0 Å². The van der Waals surface area contributed by atoms with Crippen LogP contribution in [0.1, 0.15) is 26.3 Å². The number of aliphatic hydroxyl groups is 1. The highest BCUT2D eigenvalue weighted by atomic mass is 16.3. The molecule has 1 rings (SSSR count). The number of hydrogen-bond acceptors (Lipinski definition) is 3. The summed E-state index contributed by atoms with van der Waals surface area (Å²) in [4.78, 5) is 15.4. The van der Waals surface area contributed by atoms with Crippen molar-refractivity contribution in [1.82, 2.24) is 15.6 Å². The fourth-order valence-electron chi connectivity index (χ4n) is 1.24. The second kappa shape index (κ2) is 6.35. The van der Waals surface area contributed by atoms with Crippen molar-refractivity contribution in [3.05, 3.63) is 30.1 Å². The molecule has 2 amide bonds. The molecule has 5 heteroatoms. The van der Waals surface area contributed by atoms with Crippen LogP contribution in [-0.2, 0) is 6.54 Å². The summed E-state index contributed by atoms with van der Waals surface area (Å²) < 4.78 is 0. The van der Waals surface area contributed by atoms with E-state index in [2.05, 4.69) is 15.6 Å². The van der Waals surface area contributed by atoms with Crippen molar-refractivity contribution in [2.24, 2.45) is 5.41 Å². The van der Waals surface area contributed by atoms with E-state index in [9.17, 15) is 9.90 Å². The van der Waals surface area contributed by atoms with Crippen molar-refractivity contribution in [1.29, 1.82) is 0 Å². The van der Waals surface area contributed by atoms with Gasteiger partial charge in [-0.25, -0.2) is 4.79 Å². The van der Waals surface area contributed by atoms with Gasteiger partial charge in [-0.05, 0) is 23.1 Å². The maximum absolute atomic E-state index is 11.5. The summed E-state index contributed by atoms with van der Waals surface area (Å²) >= 11 is 0. The van der Waals surface area contributed by atoms with Crippen molar-refractivity contribution in [2.45, 2.75) is 33.4 Å². The molecule has 0 aliphatic carbocycles. The quantitative estimate of drug-likeness (QED) is 0.755. The van der Waals surface area contributed by atoms with Crippen LogP contribution in [0.2, 0.25) is 0 Å². The summed E-state index contributed by atoms with van der Waals surface area (Å²) in [5, 5.41) is 15.1. The molecule has 1 atom stereocenters. The number of carbonyl (C=O) groups excluding carboxylic acids is 1. The smallest absolute Gasteiger partial charge is 0.315 e. The van der Waals surface area contributed by atoms with Crippen LogP contribution in [0.5, 0.6) is 0 Å². The lowest BCUT2D eigenvalue weighted by atomic mass is 9.89. The molecule has 3 N–H and O–H groups in total. The predicted molar refractivity (Wildman–Crippen MR) is 69.9 cm³/mol. The Balaban J connectivity index is 2.27. The molecule has 1 aromatic rings. The highest BCUT2D eigenvalue weighted by Crippen LogP contribution is 2.17. The topological polar surface area (TPSA) is 74.2 Å². The summed E-state index contributed by atoms with van der Waals surface area (Å²) in [6.07, 6.45) is 2.79. The van der Waals surface area contributed by atoms with Crippen molar-refractivity contribution < 1.29 is 9.90 Å². The van der Waals surface area contributed by atoms with Crippen molar-refractivity contribution in [3.63, 3.8) is 0 Å². The molecule has 0 saturated heterocycles. The van der Waals surface area contributed by atoms with E-state index < -0.39 is 6.10 Å². The van der Waals surface area contributed by atoms with Gasteiger partial charge in [-0.15, -0.1) is 0 Å². The van der Waals surface area contributed by atoms with Gasteiger partial charge in [0.1, 0.15) is 0 Å². The zero-order valence-corrected chi connectivity index (χ0v) is 11.1. The van der Waals surface area contributed by atoms with Gasteiger partial charge in [0.05, 0.1) is 6.10 Å². The molecular formula is C13H21N3O2. The first-order valence-corrected chi connectivity index (χ1v) is 5.98. The Kier molecular flexibility index (Phi) is 5.09. The average molecular weight is 251 g/mol. The summed E-state index contributed by atoms with van der Waals surface area (Å²) in [6, 6.07) is 3.39. The molecule has 0 fully saturated rings. The molecule has 100 valence electrons. The van der Waals surface area contributed by atoms with Crippen LogP contribution in [0.3, 0.4) is 0 Å². The average Bonchev–Trinajstić information content (AvgIpc) is 2.33. The fourth-order valence-corrected chi connectivity index (χ4v) is 1.24. The molecule has 0 radical (unpaired) electrons. The number of urea groups is 1. The van der Waals surface area contributed by atoms with Gasteiger partial charge in [-0.2, -0.15) is 0 Å². The van der Waals surface area contributed by atoms with Crippen molar-refractivity contribution in [2.75, 3.05) is 6.54 Å². The number of hydrogen-bond donors (Lipinski definition) is 3. The van der Waals surface area contributed by atoms with E-state index in [1.54, 1.807) is 12.4 Å². The van der Waals surface area contributed by atoms with E-state index in [1.165, 1.54) is 0 Å². The summed E-state index contributed by atoms with van der Waals surface area (Å²) in [7, 11) is 0. The lowest BCUT2D eigenvalue weighted by Crippen LogP contribution is -2.43. The molecule has 0 saturated carbocycles. The second-order valence-corrected chi connectivity index (χ2v) is 5.30. The Morgan fingerprint density at radius 2 is 1.94 bits per heavy atom. The highest BCUT2D eigenvalue weighted by molar-refractivity contribution is 5.73. The summed E-state index contributed by atoms with van der Waals surface area (Å²) in [5.41, 5.74) is 0.745. The standard InChI is InChI=1S/C13H21N3O2/c1-13(2,3)11(17)9-16-12(18)15-8-10-4-6-14-7-5-10/h4-7,11,17H,8-9H2,1-3H3,(H2,15,16,18)/t11-/m0/s1. The molecule has 1 heterocycles. The van der Waals surface area contributed by atoms with Crippen LogP contribution in [0.4, 0.5) is 4.79 Å². The first-order chi connectivity index (χ1) is 8.39. The third kappa shape index (κ3) is 5.14. The minimum absolute atomic E-state index is 0.238. The van der Waals surface area contributed by atoms with Gasteiger partial charge in [0, 0.05) is 25.5 Å². The largest absolute Gasteiger partial charge is 0.391 e. The van der Waals surface area contributed by atoms with E-state index >= 15 is 0 Å². The lowest BCUT2D eigenvalue weighted by Gasteiger charge is -2.25. The van der Waals surface area contributed by atoms with Crippen LogP contribution < -0.4 is 10.6 Å². The number of nitrogens with one attached hydrogen (secondary N) is 2. The van der Waals surface area contributed by atoms with Gasteiger partial charge < -0.3 is 15.7 Å². The zero-order valence-electron chi connectivity index (χ0n) is 11.1. The van der Waals surface area contributed by atoms with E-state index in [0.717, 1.165) is 5.56 Å². The molecule has 0 aliphatic heterocycles. The molecule has 0 bridgehead atoms. The Morgan fingerprint density at radius 3 is 2.50 bits per heavy atom. The number of pyridine rings is 1. The Labute approximate surface area is 108 Å². The molecule has 0 unspecified atom stereocenters. The Morgan fingerprint density at radius 1 is 1.33 bits per heavy atom. The maximum Gasteiger partial charge on any atom is 0.315 e. The summed E-state index contributed by atoms with van der Waals surface area (Å²) in [5.74, 6) is 0. The maximum atomic E-state index is 11.5. The monoisotopic (exact) mass is 251 g/mol. The first-order valence-electron chi connectivity index (χ1n) is 5.98. The van der Waals surface area contributed by atoms with Gasteiger partial charge in [0.25, 0.3) is 0 Å². The first kappa shape index (κ1) is 14.4. The van der Waals surface area contributed by atoms with Gasteiger partial charge >= 0.3 is 6.03 Å². The fraction of sp³-hybridized carbons (Fsp3) is 0.538. The van der Waals surface area contributed by atoms with E-state index in [-0.39, 0.29) is 18.0 Å². The molecule has 5 nitrogen and oxygen atoms in total. The molecule has 0 aromatic carbocycles. The molecule has 0 aliphatic rings. The minimum atomic E-state index is -0.566. The van der Waals surface area contributed by atoms with E-state index in [1.807, 2.05) is 32.9 Å². The van der Waals surface area contributed by atoms with Crippen molar-refractivity contribution in [3.8, 4) is 0 Å². The van der Waals surface area contributed by atoms with Crippen LogP contribution in [0, 0.1) is 5.41 Å². The molecule has 18 heavy (non-hydrogen) atoms. The highest BCUT2D eigenvalue weighted by Gasteiger charge is 2.22. The number of carbonyl (C=O) groups is 1. The zero-order chi connectivity index (χ0) is 13.6. The van der Waals surface area contributed by atoms with E-state index in [4.69, 9.17) is 0 Å². The van der Waals surface area contributed by atoms with E-state index in [0.29, 0.717) is 6.54 Å². The minimum Gasteiger partial charge on any atom is -0.391 e. The third-order valence-electron chi connectivity index (χ3n) is 2.66. The normalized spacial score (nSPS) is 12.9. The number of rotatable bonds is 4. The number of aromatic nitrogens is 1. The SMILES string of the molecule is CC(C)(C)[C@@H](O)CNC(=O)NCc1ccncc1. The molecule has 1 aromatic heterocycles. The van der Waals surface area contributed by atoms with Crippen LogP contribution >= 0.6 is 0 Å². The van der Waals surface area contributed by atoms with Crippen molar-refractivity contribution >= 4 is 6.03 Å². The Hall–Kier alpha value is -1.62. The predicted octanol–water partition coefficient (Wildman–Crippen LogP) is 1.29. The third-order valence-corrected chi connectivity index (χ3v) is 2.66. The van der Waals surface area contributed by atoms with Gasteiger partial charge in [-0.3, -0.25) is 4.98 Å². The van der Waals surface area contributed by atoms with Crippen LogP contribution in [-0.4, -0.2) is 28.8 Å². The lowest BCUT2D eigenvalue weighted by molar-refractivity contribution is 0.0650. The Bertz CT molecular complexity index is 374. The number of nitrogens with zero attached hydrogens (tertiary/aromatic N) is 1. The number of amides is 2. The number of aliphatic hydroxyl groups excluding tert-OH is 1. The van der Waals surface area contributed by atoms with Gasteiger partial charge in [-0.1, -0.05) is 20.8 Å².